The molecule has 0 saturated heterocycles. The molecule has 3 N–H and O–H groups in total. The summed E-state index contributed by atoms with van der Waals surface area (Å²) in [6.07, 6.45) is 4.39. The van der Waals surface area contributed by atoms with Crippen LogP contribution in [0, 0.1) is 0 Å². The van der Waals surface area contributed by atoms with E-state index >= 15 is 0 Å². The van der Waals surface area contributed by atoms with Crippen LogP contribution in [0.5, 0.6) is 0 Å². The topological polar surface area (TPSA) is 59.9 Å². The molecule has 0 aliphatic carbocycles. The fourth-order valence-electron chi connectivity index (χ4n) is 3.25. The highest BCUT2D eigenvalue weighted by atomic mass is 127. The van der Waals surface area contributed by atoms with Gasteiger partial charge in [-0.1, -0.05) is 54.6 Å². The number of nitrogens with zero attached hydrogens (tertiary/aromatic N) is 2. The Hall–Kier alpha value is -2.06. The number of hydrogen-bond donors (Lipinski definition) is 3. The highest BCUT2D eigenvalue weighted by molar-refractivity contribution is 14.0. The predicted molar refractivity (Wildman–Crippen MR) is 132 cm³/mol. The van der Waals surface area contributed by atoms with Gasteiger partial charge >= 0.3 is 0 Å². The van der Waals surface area contributed by atoms with E-state index in [0.29, 0.717) is 13.1 Å². The van der Waals surface area contributed by atoms with Crippen LogP contribution in [0.15, 0.2) is 71.7 Å². The van der Waals surface area contributed by atoms with Crippen molar-refractivity contribution in [3.05, 3.63) is 77.9 Å². The van der Waals surface area contributed by atoms with Gasteiger partial charge in [0.1, 0.15) is 0 Å². The van der Waals surface area contributed by atoms with E-state index in [0.717, 1.165) is 31.2 Å². The van der Waals surface area contributed by atoms with E-state index in [1.54, 1.807) is 0 Å². The zero-order chi connectivity index (χ0) is 19.6. The van der Waals surface area contributed by atoms with Gasteiger partial charge in [-0.15, -0.1) is 24.0 Å². The minimum absolute atomic E-state index is 0. The average molecular weight is 506 g/mol. The molecule has 1 aliphatic rings. The lowest BCUT2D eigenvalue weighted by Gasteiger charge is -2.18. The third-order valence-electron chi connectivity index (χ3n) is 4.89. The maximum absolute atomic E-state index is 9.74. The first kappa shape index (κ1) is 23.2. The van der Waals surface area contributed by atoms with Crippen molar-refractivity contribution in [1.29, 1.82) is 0 Å². The number of guanidine groups is 1. The van der Waals surface area contributed by atoms with Crippen molar-refractivity contribution in [2.45, 2.75) is 19.4 Å². The first-order valence-electron chi connectivity index (χ1n) is 9.97. The molecule has 6 heteroatoms. The van der Waals surface area contributed by atoms with E-state index in [1.807, 2.05) is 30.3 Å². The monoisotopic (exact) mass is 506 g/mol. The summed E-state index contributed by atoms with van der Waals surface area (Å²) in [6, 6.07) is 18.7. The van der Waals surface area contributed by atoms with E-state index in [-0.39, 0.29) is 36.5 Å². The Morgan fingerprint density at radius 3 is 2.34 bits per heavy atom. The molecule has 2 aromatic carbocycles. The third kappa shape index (κ3) is 7.04. The van der Waals surface area contributed by atoms with Crippen LogP contribution in [0.4, 0.5) is 5.69 Å². The zero-order valence-electron chi connectivity index (χ0n) is 16.9. The number of rotatable bonds is 8. The first-order valence-corrected chi connectivity index (χ1v) is 9.97. The second-order valence-corrected chi connectivity index (χ2v) is 6.91. The molecule has 0 bridgehead atoms. The first-order chi connectivity index (χ1) is 13.8. The number of aliphatic hydroxyl groups excluding tert-OH is 1. The summed E-state index contributed by atoms with van der Waals surface area (Å²) in [5.74, 6) is 0.808. The number of nitrogens with one attached hydrogen (secondary N) is 2. The molecule has 0 aromatic heterocycles. The number of halogens is 1. The highest BCUT2D eigenvalue weighted by Crippen LogP contribution is 2.18. The summed E-state index contributed by atoms with van der Waals surface area (Å²) in [5, 5.41) is 16.4. The van der Waals surface area contributed by atoms with E-state index in [2.05, 4.69) is 58.9 Å². The quantitative estimate of drug-likeness (QED) is 0.222. The fraction of sp³-hybridized carbons (Fsp3) is 0.348. The number of anilines is 1. The maximum atomic E-state index is 9.74. The molecule has 1 atom stereocenters. The minimum atomic E-state index is 0. The fourth-order valence-corrected chi connectivity index (χ4v) is 3.25. The lowest BCUT2D eigenvalue weighted by Crippen LogP contribution is -2.39. The second kappa shape index (κ2) is 12.5. The molecule has 1 aliphatic heterocycles. The van der Waals surface area contributed by atoms with Crippen molar-refractivity contribution in [2.75, 3.05) is 37.7 Å². The van der Waals surface area contributed by atoms with Crippen LogP contribution in [-0.4, -0.2) is 43.9 Å². The van der Waals surface area contributed by atoms with Crippen LogP contribution < -0.4 is 15.5 Å². The Morgan fingerprint density at radius 2 is 1.72 bits per heavy atom. The number of aliphatic imine (C=N–C) groups is 1. The van der Waals surface area contributed by atoms with Crippen LogP contribution in [0.2, 0.25) is 0 Å². The van der Waals surface area contributed by atoms with Crippen molar-refractivity contribution in [3.8, 4) is 0 Å². The molecule has 29 heavy (non-hydrogen) atoms. The van der Waals surface area contributed by atoms with Crippen molar-refractivity contribution in [1.82, 2.24) is 10.6 Å². The summed E-state index contributed by atoms with van der Waals surface area (Å²) >= 11 is 0. The highest BCUT2D eigenvalue weighted by Gasteiger charge is 2.11. The SMILES string of the molecule is CCNC(=NCc1ccc(N2CC=CC2)cc1)NCC(CO)c1ccccc1.I. The molecule has 0 saturated carbocycles. The molecule has 0 spiro atoms. The maximum Gasteiger partial charge on any atom is 0.191 e. The van der Waals surface area contributed by atoms with Gasteiger partial charge in [0.05, 0.1) is 13.2 Å². The van der Waals surface area contributed by atoms with Gasteiger partial charge in [0, 0.05) is 37.8 Å². The Bertz CT molecular complexity index is 769. The Balaban J connectivity index is 0.00000300. The van der Waals surface area contributed by atoms with Crippen molar-refractivity contribution >= 4 is 35.6 Å². The number of hydrogen-bond acceptors (Lipinski definition) is 3. The lowest BCUT2D eigenvalue weighted by molar-refractivity contribution is 0.265. The molecule has 0 radical (unpaired) electrons. The van der Waals surface area contributed by atoms with Gasteiger partial charge in [-0.2, -0.15) is 0 Å². The molecule has 1 heterocycles. The van der Waals surface area contributed by atoms with Gasteiger partial charge in [-0.25, -0.2) is 4.99 Å². The van der Waals surface area contributed by atoms with Crippen LogP contribution >= 0.6 is 24.0 Å². The van der Waals surface area contributed by atoms with E-state index < -0.39 is 0 Å². The normalized spacial score (nSPS) is 14.4. The molecule has 3 rings (SSSR count). The summed E-state index contributed by atoms with van der Waals surface area (Å²) < 4.78 is 0. The Morgan fingerprint density at radius 1 is 1.03 bits per heavy atom. The van der Waals surface area contributed by atoms with E-state index in [9.17, 15) is 5.11 Å². The smallest absolute Gasteiger partial charge is 0.191 e. The minimum Gasteiger partial charge on any atom is -0.396 e. The molecule has 1 unspecified atom stereocenters. The van der Waals surface area contributed by atoms with Gasteiger partial charge in [0.25, 0.3) is 0 Å². The van der Waals surface area contributed by atoms with E-state index in [4.69, 9.17) is 4.99 Å². The van der Waals surface area contributed by atoms with Crippen LogP contribution in [-0.2, 0) is 6.54 Å². The van der Waals surface area contributed by atoms with Crippen LogP contribution in [0.3, 0.4) is 0 Å². The summed E-state index contributed by atoms with van der Waals surface area (Å²) in [4.78, 5) is 7.03. The number of aliphatic hydroxyl groups is 1. The van der Waals surface area contributed by atoms with Crippen molar-refractivity contribution in [3.63, 3.8) is 0 Å². The second-order valence-electron chi connectivity index (χ2n) is 6.91. The van der Waals surface area contributed by atoms with Crippen molar-refractivity contribution < 1.29 is 5.11 Å². The van der Waals surface area contributed by atoms with Gasteiger partial charge in [-0.3, -0.25) is 0 Å². The largest absolute Gasteiger partial charge is 0.396 e. The Labute approximate surface area is 191 Å². The van der Waals surface area contributed by atoms with Crippen LogP contribution in [0.1, 0.15) is 24.0 Å². The van der Waals surface area contributed by atoms with Gasteiger partial charge in [0.2, 0.25) is 0 Å². The van der Waals surface area contributed by atoms with Crippen LogP contribution in [0.25, 0.3) is 0 Å². The summed E-state index contributed by atoms with van der Waals surface area (Å²) in [7, 11) is 0. The molecule has 156 valence electrons. The zero-order valence-corrected chi connectivity index (χ0v) is 19.3. The van der Waals surface area contributed by atoms with Crippen molar-refractivity contribution in [2.24, 2.45) is 4.99 Å². The van der Waals surface area contributed by atoms with Gasteiger partial charge < -0.3 is 20.6 Å². The molecular weight excluding hydrogens is 475 g/mol. The average Bonchev–Trinajstić information content (AvgIpc) is 3.28. The summed E-state index contributed by atoms with van der Waals surface area (Å²) in [5.41, 5.74) is 3.55. The molecule has 2 aromatic rings. The molecular formula is C23H31IN4O. The molecule has 5 nitrogen and oxygen atoms in total. The van der Waals surface area contributed by atoms with Gasteiger partial charge in [-0.05, 0) is 30.2 Å². The standard InChI is InChI=1S/C23H30N4O.HI/c1-2-24-23(26-17-21(18-28)20-8-4-3-5-9-20)25-16-19-10-12-22(13-11-19)27-14-6-7-15-27;/h3-13,21,28H,2,14-18H2,1H3,(H2,24,25,26);1H. The van der Waals surface area contributed by atoms with E-state index in [1.165, 1.54) is 11.3 Å². The number of benzene rings is 2. The molecule has 0 fully saturated rings. The van der Waals surface area contributed by atoms with Gasteiger partial charge in [0.15, 0.2) is 5.96 Å². The third-order valence-corrected chi connectivity index (χ3v) is 4.89. The summed E-state index contributed by atoms with van der Waals surface area (Å²) in [6.45, 7) is 6.16. The Kier molecular flexibility index (Phi) is 10.0. The molecule has 0 amide bonds. The predicted octanol–water partition coefficient (Wildman–Crippen LogP) is 3.51. The lowest BCUT2D eigenvalue weighted by atomic mass is 10.0.